The Bertz CT molecular complexity index is 523. The van der Waals surface area contributed by atoms with Crippen molar-refractivity contribution in [2.24, 2.45) is 5.92 Å². The molecule has 0 aliphatic heterocycles. The molecule has 0 spiro atoms. The normalized spacial score (nSPS) is 15.8. The van der Waals surface area contributed by atoms with Crippen LogP contribution < -0.4 is 0 Å². The Morgan fingerprint density at radius 1 is 1.15 bits per heavy atom. The van der Waals surface area contributed by atoms with Gasteiger partial charge in [0.05, 0.1) is 10.4 Å². The summed E-state index contributed by atoms with van der Waals surface area (Å²) in [4.78, 5) is 1.15. The maximum atomic E-state index is 10.7. The van der Waals surface area contributed by atoms with Crippen molar-refractivity contribution in [1.29, 1.82) is 0 Å². The van der Waals surface area contributed by atoms with Gasteiger partial charge >= 0.3 is 0 Å². The molecule has 3 heteroatoms. The zero-order valence-corrected chi connectivity index (χ0v) is 13.5. The first kappa shape index (κ1) is 15.6. The molecular weight excluding hydrogens is 288 g/mol. The van der Waals surface area contributed by atoms with Gasteiger partial charge in [-0.15, -0.1) is 11.3 Å². The summed E-state index contributed by atoms with van der Waals surface area (Å²) in [5.74, 6) is 0.616. The van der Waals surface area contributed by atoms with Crippen LogP contribution in [0.15, 0.2) is 42.5 Å². The van der Waals surface area contributed by atoms with E-state index in [9.17, 15) is 5.11 Å². The molecule has 0 fully saturated rings. The predicted octanol–water partition coefficient (Wildman–Crippen LogP) is 5.13. The topological polar surface area (TPSA) is 20.2 Å². The highest BCUT2D eigenvalue weighted by Gasteiger charge is 2.26. The molecular formula is C17H21ClOS. The van der Waals surface area contributed by atoms with Crippen molar-refractivity contribution in [3.05, 3.63) is 57.2 Å². The second kappa shape index (κ2) is 7.26. The minimum absolute atomic E-state index is 0.169. The molecule has 0 amide bonds. The van der Waals surface area contributed by atoms with E-state index in [-0.39, 0.29) is 12.0 Å². The summed E-state index contributed by atoms with van der Waals surface area (Å²) in [6, 6.07) is 14.2. The first-order valence-electron chi connectivity index (χ1n) is 7.09. The largest absolute Gasteiger partial charge is 0.392 e. The van der Waals surface area contributed by atoms with Gasteiger partial charge in [-0.25, -0.2) is 0 Å². The lowest BCUT2D eigenvalue weighted by Gasteiger charge is -2.28. The van der Waals surface area contributed by atoms with Crippen molar-refractivity contribution in [3.8, 4) is 0 Å². The Hall–Kier alpha value is -0.830. The van der Waals surface area contributed by atoms with E-state index in [0.717, 1.165) is 15.6 Å². The number of hydrogen-bond donors (Lipinski definition) is 1. The Labute approximate surface area is 130 Å². The van der Waals surface area contributed by atoms with Gasteiger partial charge in [-0.3, -0.25) is 0 Å². The van der Waals surface area contributed by atoms with Crippen LogP contribution in [0.25, 0.3) is 0 Å². The average Bonchev–Trinajstić information content (AvgIpc) is 2.85. The highest BCUT2D eigenvalue weighted by molar-refractivity contribution is 7.16. The van der Waals surface area contributed by atoms with Crippen molar-refractivity contribution in [1.82, 2.24) is 0 Å². The molecule has 20 heavy (non-hydrogen) atoms. The lowest BCUT2D eigenvalue weighted by molar-refractivity contribution is 0.118. The van der Waals surface area contributed by atoms with Gasteiger partial charge in [0.15, 0.2) is 0 Å². The number of thiophene rings is 1. The fourth-order valence-electron chi connectivity index (χ4n) is 2.65. The molecule has 1 N–H and O–H groups in total. The van der Waals surface area contributed by atoms with Crippen LogP contribution in [0.4, 0.5) is 0 Å². The van der Waals surface area contributed by atoms with Crippen LogP contribution in [0.5, 0.6) is 0 Å². The van der Waals surface area contributed by atoms with E-state index in [1.807, 2.05) is 30.3 Å². The zero-order chi connectivity index (χ0) is 14.5. The molecule has 1 aromatic heterocycles. The number of halogens is 1. The van der Waals surface area contributed by atoms with Crippen molar-refractivity contribution < 1.29 is 5.11 Å². The van der Waals surface area contributed by atoms with Gasteiger partial charge in [0.1, 0.15) is 0 Å². The summed E-state index contributed by atoms with van der Waals surface area (Å²) in [6.45, 7) is 4.39. The van der Waals surface area contributed by atoms with E-state index in [0.29, 0.717) is 12.3 Å². The van der Waals surface area contributed by atoms with Gasteiger partial charge in [0.25, 0.3) is 0 Å². The summed E-state index contributed by atoms with van der Waals surface area (Å²) in [5, 5.41) is 10.7. The molecule has 3 atom stereocenters. The predicted molar refractivity (Wildman–Crippen MR) is 87.7 cm³/mol. The van der Waals surface area contributed by atoms with Gasteiger partial charge in [0, 0.05) is 17.2 Å². The Morgan fingerprint density at radius 2 is 1.85 bits per heavy atom. The molecule has 1 aromatic carbocycles. The molecule has 0 aliphatic carbocycles. The summed E-state index contributed by atoms with van der Waals surface area (Å²) in [6.07, 6.45) is 1.35. The van der Waals surface area contributed by atoms with Gasteiger partial charge in [-0.2, -0.15) is 0 Å². The van der Waals surface area contributed by atoms with E-state index in [2.05, 4.69) is 26.0 Å². The minimum Gasteiger partial charge on any atom is -0.392 e. The molecule has 108 valence electrons. The maximum absolute atomic E-state index is 10.7. The Balaban J connectivity index is 2.18. The van der Waals surface area contributed by atoms with Crippen LogP contribution >= 0.6 is 22.9 Å². The van der Waals surface area contributed by atoms with Crippen molar-refractivity contribution in [2.45, 2.75) is 38.7 Å². The van der Waals surface area contributed by atoms with Gasteiger partial charge in [-0.05, 0) is 23.6 Å². The van der Waals surface area contributed by atoms with Gasteiger partial charge in [0.2, 0.25) is 0 Å². The number of hydrogen-bond acceptors (Lipinski definition) is 2. The number of aliphatic hydroxyl groups is 1. The molecule has 0 radical (unpaired) electrons. The summed E-state index contributed by atoms with van der Waals surface area (Å²) < 4.78 is 0.784. The van der Waals surface area contributed by atoms with Gasteiger partial charge < -0.3 is 5.11 Å². The second-order valence-electron chi connectivity index (χ2n) is 5.30. The molecule has 0 saturated carbocycles. The number of benzene rings is 1. The van der Waals surface area contributed by atoms with Crippen LogP contribution in [-0.4, -0.2) is 11.2 Å². The third-order valence-corrected chi connectivity index (χ3v) is 5.15. The first-order valence-corrected chi connectivity index (χ1v) is 8.28. The molecule has 3 unspecified atom stereocenters. The monoisotopic (exact) mass is 308 g/mol. The quantitative estimate of drug-likeness (QED) is 0.784. The lowest BCUT2D eigenvalue weighted by atomic mass is 9.80. The van der Waals surface area contributed by atoms with E-state index < -0.39 is 0 Å². The van der Waals surface area contributed by atoms with Crippen LogP contribution in [-0.2, 0) is 6.42 Å². The first-order chi connectivity index (χ1) is 9.61. The molecule has 1 nitrogen and oxygen atoms in total. The Morgan fingerprint density at radius 3 is 2.40 bits per heavy atom. The van der Waals surface area contributed by atoms with E-state index in [1.54, 1.807) is 11.3 Å². The molecule has 0 bridgehead atoms. The minimum atomic E-state index is -0.373. The lowest BCUT2D eigenvalue weighted by Crippen LogP contribution is -2.26. The fraction of sp³-hybridized carbons (Fsp3) is 0.412. The highest BCUT2D eigenvalue weighted by atomic mass is 35.5. The third kappa shape index (κ3) is 3.85. The molecule has 0 aliphatic rings. The SMILES string of the molecule is CCC(C)C(c1ccccc1)C(O)Cc1ccc(Cl)s1. The van der Waals surface area contributed by atoms with Crippen LogP contribution in [0.2, 0.25) is 4.34 Å². The molecule has 2 rings (SSSR count). The number of rotatable bonds is 6. The van der Waals surface area contributed by atoms with E-state index in [1.165, 1.54) is 5.56 Å². The molecule has 1 heterocycles. The van der Waals surface area contributed by atoms with Crippen LogP contribution in [0, 0.1) is 5.92 Å². The van der Waals surface area contributed by atoms with Gasteiger partial charge in [-0.1, -0.05) is 62.2 Å². The zero-order valence-electron chi connectivity index (χ0n) is 11.9. The fourth-order valence-corrected chi connectivity index (χ4v) is 3.79. The van der Waals surface area contributed by atoms with Crippen molar-refractivity contribution >= 4 is 22.9 Å². The van der Waals surface area contributed by atoms with Crippen LogP contribution in [0.1, 0.15) is 36.6 Å². The second-order valence-corrected chi connectivity index (χ2v) is 7.10. The molecule has 2 aromatic rings. The number of aliphatic hydroxyl groups excluding tert-OH is 1. The van der Waals surface area contributed by atoms with E-state index in [4.69, 9.17) is 11.6 Å². The average molecular weight is 309 g/mol. The Kier molecular flexibility index (Phi) is 5.64. The maximum Gasteiger partial charge on any atom is 0.0931 e. The summed E-state index contributed by atoms with van der Waals surface area (Å²) in [5.41, 5.74) is 1.22. The van der Waals surface area contributed by atoms with Crippen LogP contribution in [0.3, 0.4) is 0 Å². The third-order valence-electron chi connectivity index (χ3n) is 3.90. The van der Waals surface area contributed by atoms with Crippen molar-refractivity contribution in [3.63, 3.8) is 0 Å². The highest BCUT2D eigenvalue weighted by Crippen LogP contribution is 2.33. The summed E-state index contributed by atoms with van der Waals surface area (Å²) in [7, 11) is 0. The standard InChI is InChI=1S/C17H21ClOS/c1-3-12(2)17(13-7-5-4-6-8-13)15(19)11-14-9-10-16(18)20-14/h4-10,12,15,17,19H,3,11H2,1-2H3. The molecule has 0 saturated heterocycles. The van der Waals surface area contributed by atoms with E-state index >= 15 is 0 Å². The van der Waals surface area contributed by atoms with Crippen molar-refractivity contribution in [2.75, 3.05) is 0 Å². The summed E-state index contributed by atoms with van der Waals surface area (Å²) >= 11 is 7.52. The smallest absolute Gasteiger partial charge is 0.0931 e.